The van der Waals surface area contributed by atoms with Gasteiger partial charge in [-0.05, 0) is 36.4 Å². The molecule has 0 radical (unpaired) electrons. The smallest absolute Gasteiger partial charge is 0.238 e. The van der Waals surface area contributed by atoms with Crippen molar-refractivity contribution in [2.45, 2.75) is 18.4 Å². The Morgan fingerprint density at radius 3 is 2.65 bits per heavy atom. The van der Waals surface area contributed by atoms with Crippen LogP contribution in [0.5, 0.6) is 0 Å². The van der Waals surface area contributed by atoms with E-state index in [2.05, 4.69) is 5.32 Å². The zero-order chi connectivity index (χ0) is 18.9. The molecule has 0 aromatic heterocycles. The molecule has 0 atom stereocenters. The Kier molecular flexibility index (Phi) is 7.62. The summed E-state index contributed by atoms with van der Waals surface area (Å²) in [4.78, 5) is 26.1. The minimum Gasteiger partial charge on any atom is -0.369 e. The number of carbonyl (C=O) groups excluding carboxylic acids is 2. The Morgan fingerprint density at radius 1 is 1.19 bits per heavy atom. The number of nitrogens with two attached hydrogens (primary N) is 1. The minimum atomic E-state index is -0.414. The number of primary amides is 1. The van der Waals surface area contributed by atoms with E-state index in [1.165, 1.54) is 23.9 Å². The second-order valence-electron chi connectivity index (χ2n) is 5.73. The summed E-state index contributed by atoms with van der Waals surface area (Å²) in [6, 6.07) is 13.6. The highest BCUT2D eigenvalue weighted by atomic mass is 32.2. The number of nitrogens with one attached hydrogen (secondary N) is 1. The number of benzene rings is 2. The third-order valence-corrected chi connectivity index (χ3v) is 4.74. The summed E-state index contributed by atoms with van der Waals surface area (Å²) in [5.74, 6) is -0.727. The van der Waals surface area contributed by atoms with Gasteiger partial charge < -0.3 is 11.1 Å². The van der Waals surface area contributed by atoms with Crippen molar-refractivity contribution < 1.29 is 14.0 Å². The first-order chi connectivity index (χ1) is 12.5. The van der Waals surface area contributed by atoms with Gasteiger partial charge in [0.2, 0.25) is 11.8 Å². The number of hydrogen-bond acceptors (Lipinski definition) is 4. The molecule has 0 aliphatic carbocycles. The third-order valence-electron chi connectivity index (χ3n) is 3.64. The van der Waals surface area contributed by atoms with Crippen LogP contribution in [0.2, 0.25) is 0 Å². The van der Waals surface area contributed by atoms with E-state index in [0.29, 0.717) is 18.8 Å². The molecule has 2 rings (SSSR count). The Bertz CT molecular complexity index is 770. The molecule has 7 heteroatoms. The van der Waals surface area contributed by atoms with Crippen LogP contribution in [0, 0.1) is 5.82 Å². The van der Waals surface area contributed by atoms with Crippen LogP contribution in [0.25, 0.3) is 0 Å². The van der Waals surface area contributed by atoms with Gasteiger partial charge in [0.05, 0.1) is 18.0 Å². The number of halogens is 1. The standard InChI is InChI=1S/C19H22FN3O2S/c1-2-23(11-14-6-5-7-15(20)10-14)12-19(25)22-16-8-3-4-9-17(16)26-13-18(21)24/h3-10H,2,11-13H2,1H3,(H2,21,24)(H,22,25). The molecular formula is C19H22FN3O2S. The molecule has 0 bridgehead atoms. The van der Waals surface area contributed by atoms with Crippen LogP contribution in [0.3, 0.4) is 0 Å². The van der Waals surface area contributed by atoms with E-state index in [1.807, 2.05) is 36.1 Å². The van der Waals surface area contributed by atoms with Crippen molar-refractivity contribution in [3.63, 3.8) is 0 Å². The van der Waals surface area contributed by atoms with E-state index in [9.17, 15) is 14.0 Å². The molecule has 0 aliphatic rings. The van der Waals surface area contributed by atoms with Crippen LogP contribution in [0.1, 0.15) is 12.5 Å². The number of carbonyl (C=O) groups is 2. The molecule has 2 aromatic carbocycles. The maximum atomic E-state index is 13.3. The van der Waals surface area contributed by atoms with Crippen molar-refractivity contribution in [1.82, 2.24) is 4.90 Å². The first-order valence-electron chi connectivity index (χ1n) is 8.24. The molecule has 0 spiro atoms. The van der Waals surface area contributed by atoms with Gasteiger partial charge in [-0.15, -0.1) is 11.8 Å². The highest BCUT2D eigenvalue weighted by Crippen LogP contribution is 2.26. The van der Waals surface area contributed by atoms with Crippen molar-refractivity contribution in [1.29, 1.82) is 0 Å². The maximum absolute atomic E-state index is 13.3. The lowest BCUT2D eigenvalue weighted by Crippen LogP contribution is -2.32. The Balaban J connectivity index is 1.97. The van der Waals surface area contributed by atoms with Crippen LogP contribution in [-0.4, -0.2) is 35.6 Å². The van der Waals surface area contributed by atoms with Gasteiger partial charge >= 0.3 is 0 Å². The SMILES string of the molecule is CCN(CC(=O)Nc1ccccc1SCC(N)=O)Cc1cccc(F)c1. The van der Waals surface area contributed by atoms with Crippen molar-refractivity contribution in [3.8, 4) is 0 Å². The Morgan fingerprint density at radius 2 is 1.96 bits per heavy atom. The molecule has 0 saturated heterocycles. The molecule has 5 nitrogen and oxygen atoms in total. The van der Waals surface area contributed by atoms with E-state index < -0.39 is 5.91 Å². The molecule has 2 amide bonds. The number of anilines is 1. The van der Waals surface area contributed by atoms with E-state index in [4.69, 9.17) is 5.73 Å². The number of amides is 2. The minimum absolute atomic E-state index is 0.146. The second-order valence-corrected chi connectivity index (χ2v) is 6.75. The number of thioether (sulfide) groups is 1. The van der Waals surface area contributed by atoms with Gasteiger partial charge in [0.25, 0.3) is 0 Å². The van der Waals surface area contributed by atoms with Gasteiger partial charge in [-0.3, -0.25) is 14.5 Å². The summed E-state index contributed by atoms with van der Waals surface area (Å²) in [7, 11) is 0. The van der Waals surface area contributed by atoms with Gasteiger partial charge in [0, 0.05) is 11.4 Å². The number of rotatable bonds is 9. The van der Waals surface area contributed by atoms with Crippen molar-refractivity contribution in [3.05, 3.63) is 59.9 Å². The molecule has 0 fully saturated rings. The number of hydrogen-bond donors (Lipinski definition) is 2. The summed E-state index contributed by atoms with van der Waals surface area (Å²) in [6.45, 7) is 3.27. The van der Waals surface area contributed by atoms with E-state index in [1.54, 1.807) is 12.1 Å². The van der Waals surface area contributed by atoms with Gasteiger partial charge in [-0.2, -0.15) is 0 Å². The summed E-state index contributed by atoms with van der Waals surface area (Å²) < 4.78 is 13.3. The number of nitrogens with zero attached hydrogens (tertiary/aromatic N) is 1. The first-order valence-corrected chi connectivity index (χ1v) is 9.23. The van der Waals surface area contributed by atoms with E-state index >= 15 is 0 Å². The fourth-order valence-electron chi connectivity index (χ4n) is 2.41. The number of para-hydroxylation sites is 1. The fraction of sp³-hybridized carbons (Fsp3) is 0.263. The first kappa shape index (κ1) is 19.9. The largest absolute Gasteiger partial charge is 0.369 e. The lowest BCUT2D eigenvalue weighted by atomic mass is 10.2. The average Bonchev–Trinajstić information content (AvgIpc) is 2.60. The zero-order valence-electron chi connectivity index (χ0n) is 14.6. The summed E-state index contributed by atoms with van der Waals surface area (Å²) in [5, 5.41) is 2.87. The monoisotopic (exact) mass is 375 g/mol. The summed E-state index contributed by atoms with van der Waals surface area (Å²) in [5.41, 5.74) is 6.64. The van der Waals surface area contributed by atoms with Crippen LogP contribution < -0.4 is 11.1 Å². The number of likely N-dealkylation sites (N-methyl/N-ethyl adjacent to an activating group) is 1. The molecule has 3 N–H and O–H groups in total. The maximum Gasteiger partial charge on any atom is 0.238 e. The molecular weight excluding hydrogens is 353 g/mol. The third kappa shape index (κ3) is 6.50. The summed E-state index contributed by atoms with van der Waals surface area (Å²) >= 11 is 1.28. The highest BCUT2D eigenvalue weighted by Gasteiger charge is 2.12. The van der Waals surface area contributed by atoms with Gasteiger partial charge in [0.15, 0.2) is 0 Å². The molecule has 138 valence electrons. The van der Waals surface area contributed by atoms with Gasteiger partial charge in [0.1, 0.15) is 5.82 Å². The molecule has 0 heterocycles. The molecule has 2 aromatic rings. The predicted molar refractivity (Wildman–Crippen MR) is 102 cm³/mol. The van der Waals surface area contributed by atoms with Crippen LogP contribution in [-0.2, 0) is 16.1 Å². The molecule has 0 aliphatic heterocycles. The fourth-order valence-corrected chi connectivity index (χ4v) is 3.16. The lowest BCUT2D eigenvalue weighted by Gasteiger charge is -2.20. The average molecular weight is 375 g/mol. The van der Waals surface area contributed by atoms with Gasteiger partial charge in [-0.1, -0.05) is 31.2 Å². The molecule has 26 heavy (non-hydrogen) atoms. The second kappa shape index (κ2) is 9.94. The van der Waals surface area contributed by atoms with Crippen molar-refractivity contribution >= 4 is 29.3 Å². The van der Waals surface area contributed by atoms with E-state index in [0.717, 1.165) is 10.5 Å². The van der Waals surface area contributed by atoms with Crippen molar-refractivity contribution in [2.24, 2.45) is 5.73 Å². The zero-order valence-corrected chi connectivity index (χ0v) is 15.4. The Labute approximate surface area is 156 Å². The highest BCUT2D eigenvalue weighted by molar-refractivity contribution is 8.00. The Hall–Kier alpha value is -2.38. The normalized spacial score (nSPS) is 10.7. The van der Waals surface area contributed by atoms with Crippen LogP contribution in [0.15, 0.2) is 53.4 Å². The van der Waals surface area contributed by atoms with Gasteiger partial charge in [-0.25, -0.2) is 4.39 Å². The topological polar surface area (TPSA) is 75.4 Å². The predicted octanol–water partition coefficient (Wildman–Crippen LogP) is 2.86. The molecule has 0 unspecified atom stereocenters. The van der Waals surface area contributed by atoms with Crippen LogP contribution in [0.4, 0.5) is 10.1 Å². The van der Waals surface area contributed by atoms with E-state index in [-0.39, 0.29) is 24.0 Å². The van der Waals surface area contributed by atoms with Crippen LogP contribution >= 0.6 is 11.8 Å². The van der Waals surface area contributed by atoms with Crippen molar-refractivity contribution in [2.75, 3.05) is 24.2 Å². The quantitative estimate of drug-likeness (QED) is 0.661. The summed E-state index contributed by atoms with van der Waals surface area (Å²) in [6.07, 6.45) is 0. The lowest BCUT2D eigenvalue weighted by molar-refractivity contribution is -0.117. The molecule has 0 saturated carbocycles.